The Labute approximate surface area is 126 Å². The van der Waals surface area contributed by atoms with E-state index < -0.39 is 5.54 Å². The first-order valence-corrected chi connectivity index (χ1v) is 7.46. The van der Waals surface area contributed by atoms with Crippen LogP contribution in [0.4, 0.5) is 4.39 Å². The van der Waals surface area contributed by atoms with Crippen LogP contribution in [0.15, 0.2) is 42.6 Å². The molecule has 0 amide bonds. The van der Waals surface area contributed by atoms with Gasteiger partial charge in [-0.2, -0.15) is 0 Å². The Bertz CT molecular complexity index is 592. The van der Waals surface area contributed by atoms with Crippen molar-refractivity contribution in [2.45, 2.75) is 39.2 Å². The number of pyridine rings is 1. The van der Waals surface area contributed by atoms with Crippen molar-refractivity contribution in [2.24, 2.45) is 11.7 Å². The topological polar surface area (TPSA) is 38.9 Å². The van der Waals surface area contributed by atoms with Crippen LogP contribution in [0.2, 0.25) is 0 Å². The SMILES string of the molecule is CCC(N)(c1cccc(CC(C)C)c1)c1ccc(F)cn1. The summed E-state index contributed by atoms with van der Waals surface area (Å²) in [5.74, 6) is 0.253. The van der Waals surface area contributed by atoms with E-state index in [4.69, 9.17) is 5.73 Å². The van der Waals surface area contributed by atoms with Crippen molar-refractivity contribution in [1.82, 2.24) is 4.98 Å². The number of halogens is 1. The minimum absolute atomic E-state index is 0.342. The van der Waals surface area contributed by atoms with Gasteiger partial charge in [-0.3, -0.25) is 4.98 Å². The van der Waals surface area contributed by atoms with Crippen LogP contribution in [0.5, 0.6) is 0 Å². The second-order valence-corrected chi connectivity index (χ2v) is 5.98. The number of hydrogen-bond donors (Lipinski definition) is 1. The van der Waals surface area contributed by atoms with E-state index in [0.29, 0.717) is 18.0 Å². The Hall–Kier alpha value is -1.74. The third kappa shape index (κ3) is 3.48. The van der Waals surface area contributed by atoms with Crippen LogP contribution in [0, 0.1) is 11.7 Å². The molecule has 2 nitrogen and oxygen atoms in total. The molecule has 0 radical (unpaired) electrons. The Morgan fingerprint density at radius 3 is 2.57 bits per heavy atom. The van der Waals surface area contributed by atoms with Gasteiger partial charge in [0.2, 0.25) is 0 Å². The summed E-state index contributed by atoms with van der Waals surface area (Å²) in [4.78, 5) is 4.19. The van der Waals surface area contributed by atoms with Gasteiger partial charge in [0.25, 0.3) is 0 Å². The summed E-state index contributed by atoms with van der Waals surface area (Å²) in [6, 6.07) is 11.4. The van der Waals surface area contributed by atoms with Crippen LogP contribution < -0.4 is 5.73 Å². The van der Waals surface area contributed by atoms with Gasteiger partial charge in [-0.15, -0.1) is 0 Å². The van der Waals surface area contributed by atoms with Crippen molar-refractivity contribution in [3.8, 4) is 0 Å². The van der Waals surface area contributed by atoms with Crippen LogP contribution >= 0.6 is 0 Å². The number of hydrogen-bond acceptors (Lipinski definition) is 2. The fourth-order valence-corrected chi connectivity index (χ4v) is 2.62. The molecule has 0 fully saturated rings. The van der Waals surface area contributed by atoms with Gasteiger partial charge in [-0.25, -0.2) is 4.39 Å². The zero-order valence-electron chi connectivity index (χ0n) is 12.9. The van der Waals surface area contributed by atoms with Crippen LogP contribution in [0.1, 0.15) is 44.0 Å². The first-order chi connectivity index (χ1) is 9.95. The van der Waals surface area contributed by atoms with E-state index in [1.165, 1.54) is 17.8 Å². The number of benzene rings is 1. The minimum atomic E-state index is -0.680. The molecular weight excluding hydrogens is 263 g/mol. The largest absolute Gasteiger partial charge is 0.316 e. The molecule has 2 aromatic rings. The van der Waals surface area contributed by atoms with Crippen LogP contribution in [0.3, 0.4) is 0 Å². The molecule has 0 bridgehead atoms. The predicted octanol–water partition coefficient (Wildman–Crippen LogP) is 4.03. The number of rotatable bonds is 5. The zero-order chi connectivity index (χ0) is 15.5. The van der Waals surface area contributed by atoms with E-state index in [0.717, 1.165) is 12.0 Å². The van der Waals surface area contributed by atoms with Crippen LogP contribution in [-0.4, -0.2) is 4.98 Å². The second kappa shape index (κ2) is 6.35. The molecule has 2 rings (SSSR count). The van der Waals surface area contributed by atoms with E-state index in [1.54, 1.807) is 6.07 Å². The van der Waals surface area contributed by atoms with E-state index in [9.17, 15) is 4.39 Å². The summed E-state index contributed by atoms with van der Waals surface area (Å²) in [6.07, 6.45) is 2.95. The molecular formula is C18H23FN2. The molecule has 2 N–H and O–H groups in total. The molecule has 0 aliphatic carbocycles. The summed E-state index contributed by atoms with van der Waals surface area (Å²) in [6.45, 7) is 6.42. The molecule has 0 aliphatic heterocycles. The maximum absolute atomic E-state index is 13.1. The van der Waals surface area contributed by atoms with Crippen molar-refractivity contribution >= 4 is 0 Å². The highest BCUT2D eigenvalue weighted by Gasteiger charge is 2.29. The zero-order valence-corrected chi connectivity index (χ0v) is 12.9. The summed E-state index contributed by atoms with van der Waals surface area (Å²) >= 11 is 0. The minimum Gasteiger partial charge on any atom is -0.316 e. The van der Waals surface area contributed by atoms with Crippen molar-refractivity contribution in [3.63, 3.8) is 0 Å². The van der Waals surface area contributed by atoms with Gasteiger partial charge in [0.15, 0.2) is 0 Å². The molecule has 0 saturated heterocycles. The quantitative estimate of drug-likeness (QED) is 0.901. The summed E-state index contributed by atoms with van der Waals surface area (Å²) in [7, 11) is 0. The van der Waals surface area contributed by atoms with Crippen LogP contribution in [-0.2, 0) is 12.0 Å². The number of aromatic nitrogens is 1. The van der Waals surface area contributed by atoms with Crippen molar-refractivity contribution < 1.29 is 4.39 Å². The van der Waals surface area contributed by atoms with Gasteiger partial charge in [0.05, 0.1) is 17.4 Å². The Balaban J connectivity index is 2.42. The molecule has 1 aromatic carbocycles. The van der Waals surface area contributed by atoms with Gasteiger partial charge >= 0.3 is 0 Å². The van der Waals surface area contributed by atoms with Gasteiger partial charge in [0.1, 0.15) is 5.82 Å². The average molecular weight is 286 g/mol. The molecule has 0 saturated carbocycles. The fourth-order valence-electron chi connectivity index (χ4n) is 2.62. The smallest absolute Gasteiger partial charge is 0.141 e. The molecule has 1 atom stereocenters. The molecule has 0 aliphatic rings. The molecule has 3 heteroatoms. The predicted molar refractivity (Wildman–Crippen MR) is 84.4 cm³/mol. The van der Waals surface area contributed by atoms with Gasteiger partial charge in [-0.05, 0) is 42.0 Å². The number of nitrogens with two attached hydrogens (primary N) is 1. The Kier molecular flexibility index (Phi) is 4.73. The lowest BCUT2D eigenvalue weighted by Gasteiger charge is -2.29. The summed E-state index contributed by atoms with van der Waals surface area (Å²) in [5.41, 5.74) is 8.93. The van der Waals surface area contributed by atoms with Crippen LogP contribution in [0.25, 0.3) is 0 Å². The Morgan fingerprint density at radius 2 is 2.00 bits per heavy atom. The van der Waals surface area contributed by atoms with Gasteiger partial charge in [-0.1, -0.05) is 45.0 Å². The lowest BCUT2D eigenvalue weighted by Crippen LogP contribution is -2.38. The Morgan fingerprint density at radius 1 is 1.24 bits per heavy atom. The molecule has 1 unspecified atom stereocenters. The standard InChI is InChI=1S/C18H23FN2/c1-4-18(20,17-9-8-16(19)12-21-17)15-7-5-6-14(11-15)10-13(2)3/h5-9,11-13H,4,10,20H2,1-3H3. The third-order valence-electron chi connectivity index (χ3n) is 3.83. The van der Waals surface area contributed by atoms with Gasteiger partial charge in [0, 0.05) is 0 Å². The highest BCUT2D eigenvalue weighted by molar-refractivity contribution is 5.36. The first kappa shape index (κ1) is 15.6. The lowest BCUT2D eigenvalue weighted by molar-refractivity contribution is 0.497. The molecule has 1 heterocycles. The second-order valence-electron chi connectivity index (χ2n) is 5.98. The fraction of sp³-hybridized carbons (Fsp3) is 0.389. The first-order valence-electron chi connectivity index (χ1n) is 7.46. The maximum atomic E-state index is 13.1. The molecule has 21 heavy (non-hydrogen) atoms. The highest BCUT2D eigenvalue weighted by Crippen LogP contribution is 2.30. The van der Waals surface area contributed by atoms with E-state index >= 15 is 0 Å². The van der Waals surface area contributed by atoms with Crippen molar-refractivity contribution in [1.29, 1.82) is 0 Å². The molecule has 112 valence electrons. The lowest BCUT2D eigenvalue weighted by atomic mass is 9.83. The third-order valence-corrected chi connectivity index (χ3v) is 3.83. The normalized spacial score (nSPS) is 14.2. The van der Waals surface area contributed by atoms with E-state index in [1.807, 2.05) is 19.1 Å². The van der Waals surface area contributed by atoms with E-state index in [2.05, 4.69) is 31.0 Å². The maximum Gasteiger partial charge on any atom is 0.141 e. The van der Waals surface area contributed by atoms with E-state index in [-0.39, 0.29) is 5.82 Å². The molecule has 0 spiro atoms. The van der Waals surface area contributed by atoms with Crippen molar-refractivity contribution in [2.75, 3.05) is 0 Å². The highest BCUT2D eigenvalue weighted by atomic mass is 19.1. The summed E-state index contributed by atoms with van der Waals surface area (Å²) < 4.78 is 13.1. The summed E-state index contributed by atoms with van der Waals surface area (Å²) in [5, 5.41) is 0. The molecule has 1 aromatic heterocycles. The number of nitrogens with zero attached hydrogens (tertiary/aromatic N) is 1. The average Bonchev–Trinajstić information content (AvgIpc) is 2.47. The monoisotopic (exact) mass is 286 g/mol. The van der Waals surface area contributed by atoms with Crippen molar-refractivity contribution in [3.05, 3.63) is 65.2 Å². The van der Waals surface area contributed by atoms with Gasteiger partial charge < -0.3 is 5.73 Å².